The minimum absolute atomic E-state index is 0.319. The zero-order valence-corrected chi connectivity index (χ0v) is 15.9. The van der Waals surface area contributed by atoms with Gasteiger partial charge in [-0.05, 0) is 42.7 Å². The maximum Gasteiger partial charge on any atom is 0.337 e. The first-order valence-electron chi connectivity index (χ1n) is 9.02. The molecule has 2 aromatic rings. The van der Waals surface area contributed by atoms with Gasteiger partial charge in [0.25, 0.3) is 0 Å². The van der Waals surface area contributed by atoms with Crippen LogP contribution in [0.15, 0.2) is 59.6 Å². The zero-order valence-electron chi connectivity index (χ0n) is 15.9. The SMILES string of the molecule is CN=C(NCCCOc1ccccc1)NCCc1ccc(C(=O)OC)cc1. The first kappa shape index (κ1) is 20.3. The van der Waals surface area contributed by atoms with Gasteiger partial charge in [0.05, 0.1) is 19.3 Å². The lowest BCUT2D eigenvalue weighted by Gasteiger charge is -2.12. The van der Waals surface area contributed by atoms with Gasteiger partial charge in [-0.1, -0.05) is 30.3 Å². The summed E-state index contributed by atoms with van der Waals surface area (Å²) >= 11 is 0. The number of esters is 1. The average Bonchev–Trinajstić information content (AvgIpc) is 2.73. The lowest BCUT2D eigenvalue weighted by atomic mass is 10.1. The second-order valence-corrected chi connectivity index (χ2v) is 5.88. The molecule has 2 aromatic carbocycles. The highest BCUT2D eigenvalue weighted by Crippen LogP contribution is 2.08. The molecule has 0 aromatic heterocycles. The minimum atomic E-state index is -0.319. The molecular formula is C21H27N3O3. The number of carbonyl (C=O) groups excluding carboxylic acids is 1. The second kappa shape index (κ2) is 11.6. The van der Waals surface area contributed by atoms with Crippen LogP contribution in [0.4, 0.5) is 0 Å². The number of para-hydroxylation sites is 1. The third-order valence-corrected chi connectivity index (χ3v) is 3.93. The minimum Gasteiger partial charge on any atom is -0.494 e. The number of rotatable bonds is 9. The van der Waals surface area contributed by atoms with E-state index in [1.807, 2.05) is 42.5 Å². The van der Waals surface area contributed by atoms with Crippen LogP contribution in [0.1, 0.15) is 22.3 Å². The summed E-state index contributed by atoms with van der Waals surface area (Å²) in [6, 6.07) is 17.2. The van der Waals surface area contributed by atoms with E-state index in [9.17, 15) is 4.79 Å². The van der Waals surface area contributed by atoms with Crippen molar-refractivity contribution in [3.63, 3.8) is 0 Å². The Bertz CT molecular complexity index is 715. The molecular weight excluding hydrogens is 342 g/mol. The fourth-order valence-corrected chi connectivity index (χ4v) is 2.46. The summed E-state index contributed by atoms with van der Waals surface area (Å²) in [5.74, 6) is 1.33. The van der Waals surface area contributed by atoms with E-state index in [-0.39, 0.29) is 5.97 Å². The molecule has 0 amide bonds. The van der Waals surface area contributed by atoms with Crippen molar-refractivity contribution in [1.29, 1.82) is 0 Å². The molecule has 0 atom stereocenters. The molecule has 0 bridgehead atoms. The van der Waals surface area contributed by atoms with Crippen LogP contribution in [0.25, 0.3) is 0 Å². The normalized spacial score (nSPS) is 11.0. The van der Waals surface area contributed by atoms with Crippen molar-refractivity contribution in [2.75, 3.05) is 33.9 Å². The molecule has 144 valence electrons. The van der Waals surface area contributed by atoms with Gasteiger partial charge in [0.15, 0.2) is 5.96 Å². The standard InChI is InChI=1S/C21H27N3O3/c1-22-21(23-14-6-16-27-19-7-4-3-5-8-19)24-15-13-17-9-11-18(12-10-17)20(25)26-2/h3-5,7-12H,6,13-16H2,1-2H3,(H2,22,23,24). The second-order valence-electron chi connectivity index (χ2n) is 5.88. The summed E-state index contributed by atoms with van der Waals surface area (Å²) in [4.78, 5) is 15.6. The van der Waals surface area contributed by atoms with E-state index >= 15 is 0 Å². The summed E-state index contributed by atoms with van der Waals surface area (Å²) in [7, 11) is 3.13. The number of nitrogens with one attached hydrogen (secondary N) is 2. The maximum atomic E-state index is 11.4. The van der Waals surface area contributed by atoms with E-state index in [0.29, 0.717) is 12.2 Å². The van der Waals surface area contributed by atoms with Crippen LogP contribution in [0.2, 0.25) is 0 Å². The van der Waals surface area contributed by atoms with Gasteiger partial charge in [-0.15, -0.1) is 0 Å². The lowest BCUT2D eigenvalue weighted by Crippen LogP contribution is -2.39. The number of aliphatic imine (C=N–C) groups is 1. The summed E-state index contributed by atoms with van der Waals surface area (Å²) in [5.41, 5.74) is 1.70. The van der Waals surface area contributed by atoms with Gasteiger partial charge in [0.2, 0.25) is 0 Å². The van der Waals surface area contributed by atoms with Gasteiger partial charge in [-0.3, -0.25) is 4.99 Å². The van der Waals surface area contributed by atoms with Crippen LogP contribution in [0.3, 0.4) is 0 Å². The molecule has 0 saturated carbocycles. The van der Waals surface area contributed by atoms with E-state index in [0.717, 1.165) is 43.2 Å². The van der Waals surface area contributed by atoms with Crippen LogP contribution in [-0.2, 0) is 11.2 Å². The van der Waals surface area contributed by atoms with E-state index in [4.69, 9.17) is 9.47 Å². The van der Waals surface area contributed by atoms with Crippen molar-refractivity contribution in [1.82, 2.24) is 10.6 Å². The Morgan fingerprint density at radius 1 is 1.00 bits per heavy atom. The largest absolute Gasteiger partial charge is 0.494 e. The fraction of sp³-hybridized carbons (Fsp3) is 0.333. The highest BCUT2D eigenvalue weighted by atomic mass is 16.5. The molecule has 27 heavy (non-hydrogen) atoms. The third-order valence-electron chi connectivity index (χ3n) is 3.93. The van der Waals surface area contributed by atoms with E-state index in [2.05, 4.69) is 15.6 Å². The highest BCUT2D eigenvalue weighted by molar-refractivity contribution is 5.89. The Hall–Kier alpha value is -3.02. The quantitative estimate of drug-likeness (QED) is 0.308. The monoisotopic (exact) mass is 369 g/mol. The molecule has 0 aliphatic heterocycles. The number of hydrogen-bond acceptors (Lipinski definition) is 4. The summed E-state index contributed by atoms with van der Waals surface area (Å²) in [5, 5.41) is 6.55. The van der Waals surface area contributed by atoms with Crippen LogP contribution in [0, 0.1) is 0 Å². The van der Waals surface area contributed by atoms with E-state index < -0.39 is 0 Å². The van der Waals surface area contributed by atoms with Gasteiger partial charge >= 0.3 is 5.97 Å². The number of guanidine groups is 1. The Labute approximate surface area is 160 Å². The predicted molar refractivity (Wildman–Crippen MR) is 107 cm³/mol. The van der Waals surface area contributed by atoms with Gasteiger partial charge < -0.3 is 20.1 Å². The molecule has 0 spiro atoms. The van der Waals surface area contributed by atoms with E-state index in [1.165, 1.54) is 7.11 Å². The first-order valence-corrected chi connectivity index (χ1v) is 9.02. The zero-order chi connectivity index (χ0) is 19.3. The smallest absolute Gasteiger partial charge is 0.337 e. The number of carbonyl (C=O) groups is 1. The molecule has 6 nitrogen and oxygen atoms in total. The summed E-state index contributed by atoms with van der Waals surface area (Å²) < 4.78 is 10.4. The number of hydrogen-bond donors (Lipinski definition) is 2. The third kappa shape index (κ3) is 7.40. The van der Waals surface area contributed by atoms with Gasteiger partial charge in [-0.2, -0.15) is 0 Å². The molecule has 0 saturated heterocycles. The first-order chi connectivity index (χ1) is 13.2. The molecule has 6 heteroatoms. The van der Waals surface area contributed by atoms with Crippen molar-refractivity contribution in [2.45, 2.75) is 12.8 Å². The van der Waals surface area contributed by atoms with Crippen LogP contribution in [-0.4, -0.2) is 45.8 Å². The maximum absolute atomic E-state index is 11.4. The molecule has 2 rings (SSSR count). The number of methoxy groups -OCH3 is 1. The molecule has 0 unspecified atom stereocenters. The topological polar surface area (TPSA) is 72.0 Å². The average molecular weight is 369 g/mol. The Morgan fingerprint density at radius 3 is 2.37 bits per heavy atom. The molecule has 0 fully saturated rings. The Kier molecular flexibility index (Phi) is 8.69. The van der Waals surface area contributed by atoms with Gasteiger partial charge in [0, 0.05) is 20.1 Å². The number of benzene rings is 2. The molecule has 2 N–H and O–H groups in total. The predicted octanol–water partition coefficient (Wildman–Crippen LogP) is 2.65. The van der Waals surface area contributed by atoms with Crippen molar-refractivity contribution in [3.05, 3.63) is 65.7 Å². The van der Waals surface area contributed by atoms with Gasteiger partial charge in [-0.25, -0.2) is 4.79 Å². The van der Waals surface area contributed by atoms with Crippen molar-refractivity contribution < 1.29 is 14.3 Å². The summed E-state index contributed by atoms with van der Waals surface area (Å²) in [6.07, 6.45) is 1.71. The van der Waals surface area contributed by atoms with Crippen LogP contribution < -0.4 is 15.4 Å². The van der Waals surface area contributed by atoms with Crippen molar-refractivity contribution in [3.8, 4) is 5.75 Å². The number of ether oxygens (including phenoxy) is 2. The van der Waals surface area contributed by atoms with Crippen molar-refractivity contribution >= 4 is 11.9 Å². The molecule has 0 aliphatic carbocycles. The van der Waals surface area contributed by atoms with Gasteiger partial charge in [0.1, 0.15) is 5.75 Å². The Balaban J connectivity index is 1.61. The van der Waals surface area contributed by atoms with Crippen LogP contribution in [0.5, 0.6) is 5.75 Å². The fourth-order valence-electron chi connectivity index (χ4n) is 2.46. The van der Waals surface area contributed by atoms with Crippen molar-refractivity contribution in [2.24, 2.45) is 4.99 Å². The molecule has 0 aliphatic rings. The highest BCUT2D eigenvalue weighted by Gasteiger charge is 2.04. The summed E-state index contributed by atoms with van der Waals surface area (Å²) in [6.45, 7) is 2.18. The van der Waals surface area contributed by atoms with E-state index in [1.54, 1.807) is 19.2 Å². The molecule has 0 radical (unpaired) electrons. The van der Waals surface area contributed by atoms with Crippen LogP contribution >= 0.6 is 0 Å². The lowest BCUT2D eigenvalue weighted by molar-refractivity contribution is 0.0600. The molecule has 0 heterocycles. The Morgan fingerprint density at radius 2 is 1.70 bits per heavy atom. The number of nitrogens with zero attached hydrogens (tertiary/aromatic N) is 1.